The lowest BCUT2D eigenvalue weighted by atomic mass is 10.1. The first-order valence-electron chi connectivity index (χ1n) is 10.2. The van der Waals surface area contributed by atoms with Crippen LogP contribution in [0.5, 0.6) is 0 Å². The number of rotatable bonds is 7. The number of hydrogen-bond donors (Lipinski definition) is 1. The van der Waals surface area contributed by atoms with E-state index in [9.17, 15) is 14.9 Å². The second kappa shape index (κ2) is 10.2. The summed E-state index contributed by atoms with van der Waals surface area (Å²) in [6.45, 7) is 6.52. The van der Waals surface area contributed by atoms with Gasteiger partial charge in [0.05, 0.1) is 16.3 Å². The van der Waals surface area contributed by atoms with Crippen LogP contribution in [-0.2, 0) is 11.3 Å². The van der Waals surface area contributed by atoms with Gasteiger partial charge in [-0.15, -0.1) is 11.3 Å². The Morgan fingerprint density at radius 1 is 1.16 bits per heavy atom. The van der Waals surface area contributed by atoms with Crippen LogP contribution in [0, 0.1) is 10.1 Å². The highest BCUT2D eigenvalue weighted by Gasteiger charge is 2.16. The van der Waals surface area contributed by atoms with Gasteiger partial charge in [0, 0.05) is 30.6 Å². The van der Waals surface area contributed by atoms with E-state index in [-0.39, 0.29) is 5.69 Å². The molecule has 0 fully saturated rings. The Labute approximate surface area is 190 Å². The molecule has 0 saturated heterocycles. The average molecular weight is 455 g/mol. The Morgan fingerprint density at radius 3 is 2.47 bits per heavy atom. The molecule has 0 atom stereocenters. The van der Waals surface area contributed by atoms with Gasteiger partial charge in [0.25, 0.3) is 5.69 Å². The number of amides is 1. The van der Waals surface area contributed by atoms with Crippen LogP contribution in [-0.4, -0.2) is 27.7 Å². The van der Waals surface area contributed by atoms with E-state index in [1.54, 1.807) is 12.1 Å². The summed E-state index contributed by atoms with van der Waals surface area (Å²) in [4.78, 5) is 28.0. The molecule has 0 spiro atoms. The third-order valence-corrected chi connectivity index (χ3v) is 5.24. The van der Waals surface area contributed by atoms with Crippen LogP contribution in [0.25, 0.3) is 11.3 Å². The maximum absolute atomic E-state index is 11.9. The van der Waals surface area contributed by atoms with Gasteiger partial charge < -0.3 is 14.6 Å². The van der Waals surface area contributed by atoms with Crippen molar-refractivity contribution >= 4 is 28.8 Å². The van der Waals surface area contributed by atoms with E-state index in [1.165, 1.54) is 23.5 Å². The molecule has 3 aromatic rings. The van der Waals surface area contributed by atoms with Crippen molar-refractivity contribution in [2.45, 2.75) is 39.3 Å². The number of non-ortho nitro benzene ring substituents is 1. The molecule has 1 amide bonds. The van der Waals surface area contributed by atoms with Gasteiger partial charge in [-0.25, -0.2) is 9.79 Å². The number of nitro groups is 1. The summed E-state index contributed by atoms with van der Waals surface area (Å²) in [5, 5.41) is 15.7. The normalized spacial score (nSPS) is 11.9. The van der Waals surface area contributed by atoms with Gasteiger partial charge in [0.1, 0.15) is 5.60 Å². The molecule has 0 radical (unpaired) electrons. The molecule has 0 bridgehead atoms. The molecule has 9 heteroatoms. The summed E-state index contributed by atoms with van der Waals surface area (Å²) in [6.07, 6.45) is 0.218. The number of aromatic nitrogens is 1. The maximum atomic E-state index is 11.9. The molecule has 0 saturated carbocycles. The minimum Gasteiger partial charge on any atom is -0.444 e. The number of ether oxygens (including phenoxy) is 1. The van der Waals surface area contributed by atoms with Crippen LogP contribution in [0.1, 0.15) is 27.2 Å². The fraction of sp³-hybridized carbons (Fsp3) is 0.304. The number of thiazole rings is 1. The highest BCUT2D eigenvalue weighted by atomic mass is 32.1. The lowest BCUT2D eigenvalue weighted by molar-refractivity contribution is -0.384. The fourth-order valence-electron chi connectivity index (χ4n) is 2.97. The van der Waals surface area contributed by atoms with Crippen LogP contribution in [0.15, 0.2) is 65.0 Å². The second-order valence-corrected chi connectivity index (χ2v) is 8.93. The minimum absolute atomic E-state index is 0.0475. The zero-order chi connectivity index (χ0) is 23.1. The summed E-state index contributed by atoms with van der Waals surface area (Å²) in [5.74, 6) is 0. The largest absolute Gasteiger partial charge is 0.444 e. The van der Waals surface area contributed by atoms with Crippen LogP contribution in [0.2, 0.25) is 0 Å². The number of nitrogens with zero attached hydrogens (tertiary/aromatic N) is 3. The average Bonchev–Trinajstić information content (AvgIpc) is 3.13. The zero-order valence-electron chi connectivity index (χ0n) is 18.3. The smallest absolute Gasteiger partial charge is 0.407 e. The minimum atomic E-state index is -0.545. The van der Waals surface area contributed by atoms with Crippen molar-refractivity contribution in [1.82, 2.24) is 9.88 Å². The SMILES string of the molecule is CC(C)(C)OC(=O)NCCCn1c(-c2ccc([N+](=O)[O-])cc2)cs/c1=N/c1ccccc1. The van der Waals surface area contributed by atoms with Gasteiger partial charge in [-0.1, -0.05) is 18.2 Å². The molecule has 0 aliphatic heterocycles. The van der Waals surface area contributed by atoms with Gasteiger partial charge in [-0.05, 0) is 57.0 Å². The van der Waals surface area contributed by atoms with Crippen molar-refractivity contribution in [2.24, 2.45) is 4.99 Å². The van der Waals surface area contributed by atoms with Crippen LogP contribution >= 0.6 is 11.3 Å². The van der Waals surface area contributed by atoms with E-state index in [0.717, 1.165) is 21.7 Å². The van der Waals surface area contributed by atoms with Gasteiger partial charge >= 0.3 is 6.09 Å². The first kappa shape index (κ1) is 23.2. The zero-order valence-corrected chi connectivity index (χ0v) is 19.1. The predicted octanol–water partition coefficient (Wildman–Crippen LogP) is 5.27. The summed E-state index contributed by atoms with van der Waals surface area (Å²) < 4.78 is 7.34. The van der Waals surface area contributed by atoms with E-state index < -0.39 is 16.6 Å². The van der Waals surface area contributed by atoms with E-state index in [2.05, 4.69) is 9.88 Å². The van der Waals surface area contributed by atoms with Crippen LogP contribution < -0.4 is 10.1 Å². The summed E-state index contributed by atoms with van der Waals surface area (Å²) >= 11 is 1.50. The van der Waals surface area contributed by atoms with Gasteiger partial charge in [0.15, 0.2) is 4.80 Å². The van der Waals surface area contributed by atoms with Crippen LogP contribution in [0.4, 0.5) is 16.2 Å². The molecule has 0 aliphatic rings. The Morgan fingerprint density at radius 2 is 1.84 bits per heavy atom. The molecule has 168 valence electrons. The van der Waals surface area contributed by atoms with E-state index in [4.69, 9.17) is 9.73 Å². The van der Waals surface area contributed by atoms with Crippen molar-refractivity contribution in [3.63, 3.8) is 0 Å². The highest BCUT2D eigenvalue weighted by molar-refractivity contribution is 7.07. The number of carbonyl (C=O) groups is 1. The number of benzene rings is 2. The molecule has 2 aromatic carbocycles. The van der Waals surface area contributed by atoms with Crippen molar-refractivity contribution in [2.75, 3.05) is 6.54 Å². The standard InChI is InChI=1S/C23H26N4O4S/c1-23(2,3)31-22(28)24-14-7-15-26-20(17-10-12-19(13-11-17)27(29)30)16-32-21(26)25-18-8-5-4-6-9-18/h4-6,8-13,16H,7,14-15H2,1-3H3,(H,24,28)/b25-21+. The van der Waals surface area contributed by atoms with E-state index in [0.29, 0.717) is 19.5 Å². The van der Waals surface area contributed by atoms with Crippen molar-refractivity contribution in [3.05, 3.63) is 74.9 Å². The number of alkyl carbamates (subject to hydrolysis) is 1. The third kappa shape index (κ3) is 6.52. The number of nitro benzene ring substituents is 1. The van der Waals surface area contributed by atoms with Crippen molar-refractivity contribution < 1.29 is 14.5 Å². The Balaban J connectivity index is 1.82. The Hall–Kier alpha value is -3.46. The molecule has 8 nitrogen and oxygen atoms in total. The monoisotopic (exact) mass is 454 g/mol. The molecule has 1 aromatic heterocycles. The number of carbonyl (C=O) groups excluding carboxylic acids is 1. The summed E-state index contributed by atoms with van der Waals surface area (Å²) in [6, 6.07) is 16.1. The molecule has 3 rings (SSSR count). The first-order valence-corrected chi connectivity index (χ1v) is 11.1. The fourth-order valence-corrected chi connectivity index (χ4v) is 3.93. The highest BCUT2D eigenvalue weighted by Crippen LogP contribution is 2.24. The molecule has 0 aliphatic carbocycles. The second-order valence-electron chi connectivity index (χ2n) is 8.09. The summed E-state index contributed by atoms with van der Waals surface area (Å²) in [7, 11) is 0. The molecule has 32 heavy (non-hydrogen) atoms. The number of hydrogen-bond acceptors (Lipinski definition) is 6. The lowest BCUT2D eigenvalue weighted by Crippen LogP contribution is -2.33. The predicted molar refractivity (Wildman–Crippen MR) is 125 cm³/mol. The quantitative estimate of drug-likeness (QED) is 0.299. The molecular formula is C23H26N4O4S. The maximum Gasteiger partial charge on any atom is 0.407 e. The third-order valence-electron chi connectivity index (χ3n) is 4.38. The lowest BCUT2D eigenvalue weighted by Gasteiger charge is -2.19. The van der Waals surface area contributed by atoms with Gasteiger partial charge in [-0.2, -0.15) is 0 Å². The summed E-state index contributed by atoms with van der Waals surface area (Å²) in [5.41, 5.74) is 2.12. The van der Waals surface area contributed by atoms with Crippen LogP contribution in [0.3, 0.4) is 0 Å². The Kier molecular flexibility index (Phi) is 7.42. The molecule has 1 N–H and O–H groups in total. The van der Waals surface area contributed by atoms with E-state index >= 15 is 0 Å². The molecular weight excluding hydrogens is 428 g/mol. The molecule has 0 unspecified atom stereocenters. The van der Waals surface area contributed by atoms with Gasteiger partial charge in [0.2, 0.25) is 0 Å². The van der Waals surface area contributed by atoms with E-state index in [1.807, 2.05) is 56.5 Å². The van der Waals surface area contributed by atoms with Gasteiger partial charge in [-0.3, -0.25) is 10.1 Å². The topological polar surface area (TPSA) is 98.8 Å². The number of para-hydroxylation sites is 1. The van der Waals surface area contributed by atoms with Crippen molar-refractivity contribution in [3.8, 4) is 11.3 Å². The Bertz CT molecular complexity index is 1130. The molecule has 1 heterocycles. The van der Waals surface area contributed by atoms with Crippen molar-refractivity contribution in [1.29, 1.82) is 0 Å². The first-order chi connectivity index (χ1) is 15.2. The number of nitrogens with one attached hydrogen (secondary N) is 1.